The number of likely N-dealkylation sites (N-methyl/N-ethyl adjacent to an activating group) is 1. The van der Waals surface area contributed by atoms with E-state index in [9.17, 15) is 0 Å². The molecule has 1 aromatic heterocycles. The standard InChI is InChI=1S/C16H28N2S/c1-13-6-4-8-16(17,11-13)12-18(3)14(2)10-15-7-5-9-19-15/h5,7,9,13-14H,4,6,8,10-12,17H2,1-3H3. The molecular weight excluding hydrogens is 252 g/mol. The molecule has 1 aliphatic rings. The number of nitrogens with zero attached hydrogens (tertiary/aromatic N) is 1. The van der Waals surface area contributed by atoms with E-state index in [0.717, 1.165) is 18.9 Å². The topological polar surface area (TPSA) is 29.3 Å². The van der Waals surface area contributed by atoms with Gasteiger partial charge in [-0.15, -0.1) is 11.3 Å². The maximum Gasteiger partial charge on any atom is 0.0285 e. The van der Waals surface area contributed by atoms with Gasteiger partial charge in [-0.25, -0.2) is 0 Å². The van der Waals surface area contributed by atoms with E-state index in [1.165, 1.54) is 30.6 Å². The second-order valence-electron chi connectivity index (χ2n) is 6.61. The Hall–Kier alpha value is -0.380. The van der Waals surface area contributed by atoms with Crippen LogP contribution in [0.25, 0.3) is 0 Å². The van der Waals surface area contributed by atoms with Gasteiger partial charge >= 0.3 is 0 Å². The van der Waals surface area contributed by atoms with Crippen molar-refractivity contribution in [2.75, 3.05) is 13.6 Å². The first-order valence-corrected chi connectivity index (χ1v) is 8.38. The van der Waals surface area contributed by atoms with E-state index in [2.05, 4.69) is 43.3 Å². The van der Waals surface area contributed by atoms with Crippen LogP contribution in [-0.4, -0.2) is 30.1 Å². The first kappa shape index (κ1) is 15.0. The van der Waals surface area contributed by atoms with Crippen molar-refractivity contribution in [3.05, 3.63) is 22.4 Å². The highest BCUT2D eigenvalue weighted by molar-refractivity contribution is 7.09. The van der Waals surface area contributed by atoms with Gasteiger partial charge in [0.05, 0.1) is 0 Å². The van der Waals surface area contributed by atoms with Crippen LogP contribution in [0.1, 0.15) is 44.4 Å². The van der Waals surface area contributed by atoms with Gasteiger partial charge in [-0.1, -0.05) is 25.8 Å². The lowest BCUT2D eigenvalue weighted by Crippen LogP contribution is -2.53. The highest BCUT2D eigenvalue weighted by atomic mass is 32.1. The molecule has 3 heteroatoms. The Balaban J connectivity index is 1.87. The summed E-state index contributed by atoms with van der Waals surface area (Å²) in [6.45, 7) is 5.69. The minimum absolute atomic E-state index is 0.0378. The van der Waals surface area contributed by atoms with E-state index in [0.29, 0.717) is 6.04 Å². The van der Waals surface area contributed by atoms with E-state index in [-0.39, 0.29) is 5.54 Å². The Morgan fingerprint density at radius 3 is 3.00 bits per heavy atom. The van der Waals surface area contributed by atoms with Crippen molar-refractivity contribution in [3.63, 3.8) is 0 Å². The predicted octanol–water partition coefficient (Wildman–Crippen LogP) is 3.52. The van der Waals surface area contributed by atoms with Gasteiger partial charge in [0, 0.05) is 23.0 Å². The maximum atomic E-state index is 6.62. The molecular formula is C16H28N2S. The van der Waals surface area contributed by atoms with E-state index >= 15 is 0 Å². The summed E-state index contributed by atoms with van der Waals surface area (Å²) in [6.07, 6.45) is 6.16. The third kappa shape index (κ3) is 4.30. The third-order valence-electron chi connectivity index (χ3n) is 4.52. The highest BCUT2D eigenvalue weighted by Gasteiger charge is 2.32. The molecule has 0 radical (unpaired) electrons. The fourth-order valence-corrected chi connectivity index (χ4v) is 4.20. The van der Waals surface area contributed by atoms with Crippen molar-refractivity contribution in [1.29, 1.82) is 0 Å². The van der Waals surface area contributed by atoms with Crippen molar-refractivity contribution in [3.8, 4) is 0 Å². The third-order valence-corrected chi connectivity index (χ3v) is 5.42. The Bertz CT molecular complexity index is 376. The maximum absolute atomic E-state index is 6.62. The van der Waals surface area contributed by atoms with E-state index in [1.807, 2.05) is 11.3 Å². The molecule has 1 aromatic rings. The molecule has 1 heterocycles. The van der Waals surface area contributed by atoms with Gasteiger partial charge in [-0.3, -0.25) is 0 Å². The van der Waals surface area contributed by atoms with Crippen LogP contribution in [0.2, 0.25) is 0 Å². The first-order valence-electron chi connectivity index (χ1n) is 7.50. The van der Waals surface area contributed by atoms with Crippen LogP contribution in [0.3, 0.4) is 0 Å². The lowest BCUT2D eigenvalue weighted by atomic mass is 9.76. The van der Waals surface area contributed by atoms with E-state index < -0.39 is 0 Å². The Morgan fingerprint density at radius 1 is 1.58 bits per heavy atom. The predicted molar refractivity (Wildman–Crippen MR) is 84.7 cm³/mol. The minimum atomic E-state index is 0.0378. The van der Waals surface area contributed by atoms with Crippen LogP contribution in [-0.2, 0) is 6.42 Å². The Morgan fingerprint density at radius 2 is 2.37 bits per heavy atom. The molecule has 0 spiro atoms. The average Bonchev–Trinajstić information content (AvgIpc) is 2.80. The van der Waals surface area contributed by atoms with Gasteiger partial charge in [-0.2, -0.15) is 0 Å². The summed E-state index contributed by atoms with van der Waals surface area (Å²) in [5.74, 6) is 0.791. The number of nitrogens with two attached hydrogens (primary N) is 1. The summed E-state index contributed by atoms with van der Waals surface area (Å²) < 4.78 is 0. The van der Waals surface area contributed by atoms with Gasteiger partial charge in [-0.05, 0) is 50.6 Å². The molecule has 1 aliphatic carbocycles. The molecule has 108 valence electrons. The van der Waals surface area contributed by atoms with Gasteiger partial charge in [0.15, 0.2) is 0 Å². The Labute approximate surface area is 122 Å². The molecule has 19 heavy (non-hydrogen) atoms. The largest absolute Gasteiger partial charge is 0.324 e. The summed E-state index contributed by atoms with van der Waals surface area (Å²) in [5.41, 5.74) is 6.66. The molecule has 2 N–H and O–H groups in total. The average molecular weight is 280 g/mol. The zero-order valence-electron chi connectivity index (χ0n) is 12.6. The quantitative estimate of drug-likeness (QED) is 0.894. The first-order chi connectivity index (χ1) is 8.98. The zero-order chi connectivity index (χ0) is 13.9. The summed E-state index contributed by atoms with van der Waals surface area (Å²) in [4.78, 5) is 3.93. The fraction of sp³-hybridized carbons (Fsp3) is 0.750. The Kier molecular flexibility index (Phi) is 5.04. The normalized spacial score (nSPS) is 29.6. The van der Waals surface area contributed by atoms with Crippen LogP contribution < -0.4 is 5.73 Å². The van der Waals surface area contributed by atoms with Crippen molar-refractivity contribution in [2.45, 2.75) is 57.5 Å². The zero-order valence-corrected chi connectivity index (χ0v) is 13.4. The van der Waals surface area contributed by atoms with Gasteiger partial charge in [0.2, 0.25) is 0 Å². The van der Waals surface area contributed by atoms with Crippen LogP contribution >= 0.6 is 11.3 Å². The molecule has 0 aromatic carbocycles. The molecule has 1 saturated carbocycles. The molecule has 3 atom stereocenters. The monoisotopic (exact) mass is 280 g/mol. The lowest BCUT2D eigenvalue weighted by molar-refractivity contribution is 0.144. The summed E-state index contributed by atoms with van der Waals surface area (Å²) in [5, 5.41) is 2.16. The second kappa shape index (κ2) is 6.38. The van der Waals surface area contributed by atoms with Crippen LogP contribution in [0.15, 0.2) is 17.5 Å². The van der Waals surface area contributed by atoms with Crippen molar-refractivity contribution in [2.24, 2.45) is 11.7 Å². The minimum Gasteiger partial charge on any atom is -0.324 e. The molecule has 3 unspecified atom stereocenters. The van der Waals surface area contributed by atoms with E-state index in [1.54, 1.807) is 0 Å². The fourth-order valence-electron chi connectivity index (χ4n) is 3.37. The van der Waals surface area contributed by atoms with E-state index in [4.69, 9.17) is 5.73 Å². The van der Waals surface area contributed by atoms with Gasteiger partial charge in [0.25, 0.3) is 0 Å². The molecule has 0 bridgehead atoms. The molecule has 0 aliphatic heterocycles. The highest BCUT2D eigenvalue weighted by Crippen LogP contribution is 2.31. The lowest BCUT2D eigenvalue weighted by Gasteiger charge is -2.41. The number of rotatable bonds is 5. The molecule has 2 nitrogen and oxygen atoms in total. The van der Waals surface area contributed by atoms with Gasteiger partial charge < -0.3 is 10.6 Å². The van der Waals surface area contributed by atoms with Gasteiger partial charge in [0.1, 0.15) is 0 Å². The SMILES string of the molecule is CC1CCCC(N)(CN(C)C(C)Cc2cccs2)C1. The van der Waals surface area contributed by atoms with Crippen molar-refractivity contribution < 1.29 is 0 Å². The van der Waals surface area contributed by atoms with Crippen LogP contribution in [0.5, 0.6) is 0 Å². The second-order valence-corrected chi connectivity index (χ2v) is 7.64. The molecule has 2 rings (SSSR count). The summed E-state index contributed by atoms with van der Waals surface area (Å²) in [7, 11) is 2.23. The smallest absolute Gasteiger partial charge is 0.0285 e. The molecule has 0 saturated heterocycles. The number of hydrogen-bond acceptors (Lipinski definition) is 3. The van der Waals surface area contributed by atoms with Crippen LogP contribution in [0.4, 0.5) is 0 Å². The number of thiophene rings is 1. The summed E-state index contributed by atoms with van der Waals surface area (Å²) >= 11 is 1.86. The molecule has 0 amide bonds. The number of hydrogen-bond donors (Lipinski definition) is 1. The van der Waals surface area contributed by atoms with Crippen molar-refractivity contribution in [1.82, 2.24) is 4.90 Å². The van der Waals surface area contributed by atoms with Crippen LogP contribution in [0, 0.1) is 5.92 Å². The molecule has 1 fully saturated rings. The summed E-state index contributed by atoms with van der Waals surface area (Å²) in [6, 6.07) is 4.94. The van der Waals surface area contributed by atoms with Crippen molar-refractivity contribution >= 4 is 11.3 Å².